The van der Waals surface area contributed by atoms with Gasteiger partial charge in [-0.25, -0.2) is 0 Å². The molecule has 0 unspecified atom stereocenters. The largest absolute Gasteiger partial charge is 0.345 e. The molecule has 1 aromatic heterocycles. The molecule has 0 amide bonds. The molecule has 21 heavy (non-hydrogen) atoms. The number of aromatic amines is 1. The van der Waals surface area contributed by atoms with Crippen LogP contribution in [-0.2, 0) is 0 Å². The van der Waals surface area contributed by atoms with Gasteiger partial charge in [0.2, 0.25) is 0 Å². The summed E-state index contributed by atoms with van der Waals surface area (Å²) in [5.74, 6) is 0. The molecule has 104 valence electrons. The van der Waals surface area contributed by atoms with E-state index >= 15 is 0 Å². The minimum Gasteiger partial charge on any atom is -0.345 e. The van der Waals surface area contributed by atoms with Crippen LogP contribution in [0.4, 0.5) is 5.69 Å². The van der Waals surface area contributed by atoms with Gasteiger partial charge in [0.05, 0.1) is 4.92 Å². The first-order chi connectivity index (χ1) is 10.1. The lowest BCUT2D eigenvalue weighted by Crippen LogP contribution is -1.92. The second-order valence-corrected chi connectivity index (χ2v) is 4.81. The fraction of sp³-hybridized carbons (Fsp3) is 0. The van der Waals surface area contributed by atoms with E-state index in [2.05, 4.69) is 4.98 Å². The number of non-ortho nitro benzene ring substituents is 1. The van der Waals surface area contributed by atoms with Crippen molar-refractivity contribution >= 4 is 33.4 Å². The number of hydrogen-bond donors (Lipinski definition) is 1. The maximum Gasteiger partial charge on any atom is 0.293 e. The highest BCUT2D eigenvalue weighted by Crippen LogP contribution is 2.36. The predicted octanol–water partition coefficient (Wildman–Crippen LogP) is 4.12. The number of H-pyrrole nitrogens is 1. The maximum atomic E-state index is 11.7. The highest BCUT2D eigenvalue weighted by atomic mass is 35.5. The van der Waals surface area contributed by atoms with Crippen molar-refractivity contribution in [2.45, 2.75) is 0 Å². The van der Waals surface area contributed by atoms with Gasteiger partial charge in [-0.05, 0) is 17.2 Å². The van der Waals surface area contributed by atoms with Crippen LogP contribution in [-0.4, -0.2) is 15.1 Å². The Bertz CT molecular complexity index is 856. The van der Waals surface area contributed by atoms with Crippen molar-refractivity contribution < 1.29 is 9.72 Å². The van der Waals surface area contributed by atoms with Crippen molar-refractivity contribution in [2.24, 2.45) is 0 Å². The number of nitrogens with zero attached hydrogens (tertiary/aromatic N) is 1. The summed E-state index contributed by atoms with van der Waals surface area (Å²) in [6.07, 6.45) is 0. The molecule has 1 N–H and O–H groups in total. The average Bonchev–Trinajstić information content (AvgIpc) is 2.87. The van der Waals surface area contributed by atoms with E-state index in [4.69, 9.17) is 11.6 Å². The van der Waals surface area contributed by atoms with Gasteiger partial charge in [-0.1, -0.05) is 42.5 Å². The molecule has 6 heteroatoms. The molecule has 0 spiro atoms. The van der Waals surface area contributed by atoms with E-state index in [0.29, 0.717) is 16.5 Å². The molecule has 0 fully saturated rings. The SMILES string of the molecule is O=C(Cl)c1[nH]c2c([N+](=O)[O-])cccc2c1-c1ccccc1. The smallest absolute Gasteiger partial charge is 0.293 e. The van der Waals surface area contributed by atoms with Gasteiger partial charge in [-0.2, -0.15) is 0 Å². The lowest BCUT2D eigenvalue weighted by Gasteiger charge is -2.01. The number of nitrogens with one attached hydrogen (secondary N) is 1. The fourth-order valence-corrected chi connectivity index (χ4v) is 2.55. The van der Waals surface area contributed by atoms with E-state index in [1.54, 1.807) is 12.1 Å². The standard InChI is InChI=1S/C15H9ClN2O3/c16-15(19)14-12(9-5-2-1-3-6-9)10-7-4-8-11(18(20)21)13(10)17-14/h1-8,17H. The van der Waals surface area contributed by atoms with Gasteiger partial charge in [-0.15, -0.1) is 0 Å². The second kappa shape index (κ2) is 5.03. The lowest BCUT2D eigenvalue weighted by atomic mass is 10.0. The molecule has 0 atom stereocenters. The van der Waals surface area contributed by atoms with E-state index in [1.807, 2.05) is 30.3 Å². The predicted molar refractivity (Wildman–Crippen MR) is 80.6 cm³/mol. The van der Waals surface area contributed by atoms with Crippen molar-refractivity contribution in [1.29, 1.82) is 0 Å². The zero-order valence-electron chi connectivity index (χ0n) is 10.7. The van der Waals surface area contributed by atoms with E-state index in [0.717, 1.165) is 5.56 Å². The van der Waals surface area contributed by atoms with E-state index < -0.39 is 10.2 Å². The van der Waals surface area contributed by atoms with Crippen LogP contribution >= 0.6 is 11.6 Å². The van der Waals surface area contributed by atoms with Gasteiger partial charge in [0.1, 0.15) is 11.2 Å². The Morgan fingerprint density at radius 3 is 2.43 bits per heavy atom. The first-order valence-corrected chi connectivity index (χ1v) is 6.51. The number of benzene rings is 2. The third-order valence-electron chi connectivity index (χ3n) is 3.27. The van der Waals surface area contributed by atoms with Crippen LogP contribution in [0.1, 0.15) is 10.5 Å². The quantitative estimate of drug-likeness (QED) is 0.449. The number of para-hydroxylation sites is 1. The normalized spacial score (nSPS) is 10.7. The van der Waals surface area contributed by atoms with Crippen molar-refractivity contribution in [3.63, 3.8) is 0 Å². The van der Waals surface area contributed by atoms with Gasteiger partial charge in [0, 0.05) is 17.0 Å². The molecule has 0 radical (unpaired) electrons. The molecule has 2 aromatic carbocycles. The molecule has 0 saturated heterocycles. The number of halogens is 1. The lowest BCUT2D eigenvalue weighted by molar-refractivity contribution is -0.383. The summed E-state index contributed by atoms with van der Waals surface area (Å²) in [6, 6.07) is 13.9. The summed E-state index contributed by atoms with van der Waals surface area (Å²) in [5, 5.41) is 11.0. The monoisotopic (exact) mass is 300 g/mol. The second-order valence-electron chi connectivity index (χ2n) is 4.47. The van der Waals surface area contributed by atoms with Crippen LogP contribution in [0.5, 0.6) is 0 Å². The van der Waals surface area contributed by atoms with Crippen molar-refractivity contribution in [3.8, 4) is 11.1 Å². The summed E-state index contributed by atoms with van der Waals surface area (Å²) in [6.45, 7) is 0. The van der Waals surface area contributed by atoms with E-state index in [1.165, 1.54) is 6.07 Å². The van der Waals surface area contributed by atoms with Gasteiger partial charge in [0.15, 0.2) is 0 Å². The molecule has 1 heterocycles. The number of hydrogen-bond acceptors (Lipinski definition) is 3. The number of nitro groups is 1. The third-order valence-corrected chi connectivity index (χ3v) is 3.46. The Hall–Kier alpha value is -2.66. The summed E-state index contributed by atoms with van der Waals surface area (Å²) < 4.78 is 0. The van der Waals surface area contributed by atoms with Crippen LogP contribution in [0.25, 0.3) is 22.0 Å². The Morgan fingerprint density at radius 1 is 1.10 bits per heavy atom. The maximum absolute atomic E-state index is 11.7. The Morgan fingerprint density at radius 2 is 1.81 bits per heavy atom. The Kier molecular flexibility index (Phi) is 3.19. The van der Waals surface area contributed by atoms with Crippen LogP contribution in [0, 0.1) is 10.1 Å². The minimum absolute atomic E-state index is 0.0890. The molecule has 3 rings (SSSR count). The van der Waals surface area contributed by atoms with Gasteiger partial charge in [0.25, 0.3) is 10.9 Å². The summed E-state index contributed by atoms with van der Waals surface area (Å²) in [5.41, 5.74) is 1.72. The van der Waals surface area contributed by atoms with Gasteiger partial charge in [-0.3, -0.25) is 14.9 Å². The first kappa shape index (κ1) is 13.3. The average molecular weight is 301 g/mol. The molecule has 0 aliphatic carbocycles. The number of rotatable bonds is 3. The van der Waals surface area contributed by atoms with Crippen molar-refractivity contribution in [2.75, 3.05) is 0 Å². The minimum atomic E-state index is -0.681. The summed E-state index contributed by atoms with van der Waals surface area (Å²) in [7, 11) is 0. The van der Waals surface area contributed by atoms with Crippen LogP contribution in [0.2, 0.25) is 0 Å². The molecule has 0 bridgehead atoms. The van der Waals surface area contributed by atoms with Crippen molar-refractivity contribution in [3.05, 3.63) is 64.3 Å². The van der Waals surface area contributed by atoms with Gasteiger partial charge < -0.3 is 4.98 Å². The molecule has 0 aliphatic heterocycles. The van der Waals surface area contributed by atoms with Gasteiger partial charge >= 0.3 is 0 Å². The zero-order chi connectivity index (χ0) is 15.0. The summed E-state index contributed by atoms with van der Waals surface area (Å²) >= 11 is 5.62. The number of carbonyl (C=O) groups is 1. The molecule has 5 nitrogen and oxygen atoms in total. The fourth-order valence-electron chi connectivity index (χ4n) is 2.41. The zero-order valence-corrected chi connectivity index (χ0v) is 11.4. The van der Waals surface area contributed by atoms with E-state index in [9.17, 15) is 14.9 Å². The summed E-state index contributed by atoms with van der Waals surface area (Å²) in [4.78, 5) is 25.1. The van der Waals surface area contributed by atoms with E-state index in [-0.39, 0.29) is 11.4 Å². The topological polar surface area (TPSA) is 76.0 Å². The highest BCUT2D eigenvalue weighted by molar-refractivity contribution is 6.68. The number of fused-ring (bicyclic) bond motifs is 1. The Balaban J connectivity index is 2.42. The number of aromatic nitrogens is 1. The van der Waals surface area contributed by atoms with Crippen molar-refractivity contribution in [1.82, 2.24) is 4.98 Å². The molecule has 0 saturated carbocycles. The van der Waals surface area contributed by atoms with Crippen LogP contribution in [0.15, 0.2) is 48.5 Å². The molecule has 3 aromatic rings. The molecular formula is C15H9ClN2O3. The van der Waals surface area contributed by atoms with Crippen LogP contribution < -0.4 is 0 Å². The Labute approximate surface area is 124 Å². The van der Waals surface area contributed by atoms with Crippen LogP contribution in [0.3, 0.4) is 0 Å². The first-order valence-electron chi connectivity index (χ1n) is 6.14. The molecule has 0 aliphatic rings. The number of carbonyl (C=O) groups excluding carboxylic acids is 1. The number of nitro benzene ring substituents is 1. The third kappa shape index (κ3) is 2.17. The highest BCUT2D eigenvalue weighted by Gasteiger charge is 2.22. The molecular weight excluding hydrogens is 292 g/mol.